The van der Waals surface area contributed by atoms with E-state index in [-0.39, 0.29) is 22.3 Å². The average molecular weight is 453 g/mol. The van der Waals surface area contributed by atoms with Crippen molar-refractivity contribution in [2.75, 3.05) is 20.8 Å². The van der Waals surface area contributed by atoms with Gasteiger partial charge in [-0.2, -0.15) is 4.31 Å². The number of hydrogen-bond acceptors (Lipinski definition) is 6. The maximum atomic E-state index is 13.4. The van der Waals surface area contributed by atoms with E-state index in [1.807, 2.05) is 6.92 Å². The number of methoxy groups -OCH3 is 2. The summed E-state index contributed by atoms with van der Waals surface area (Å²) in [5.74, 6) is -0.781. The van der Waals surface area contributed by atoms with E-state index < -0.39 is 27.4 Å². The molecule has 0 radical (unpaired) electrons. The highest BCUT2D eigenvalue weighted by Crippen LogP contribution is 2.33. The Kier molecular flexibility index (Phi) is 7.26. The number of piperidine rings is 1. The smallest absolute Gasteiger partial charge is 0.331 e. The number of esters is 1. The van der Waals surface area contributed by atoms with Crippen LogP contribution in [0.15, 0.2) is 23.1 Å². The van der Waals surface area contributed by atoms with E-state index in [0.29, 0.717) is 19.4 Å². The maximum Gasteiger partial charge on any atom is 0.331 e. The number of carbonyl (C=O) groups is 2. The van der Waals surface area contributed by atoms with Gasteiger partial charge in [0.25, 0.3) is 5.91 Å². The topological polar surface area (TPSA) is 102 Å². The molecule has 1 atom stereocenters. The van der Waals surface area contributed by atoms with Gasteiger partial charge >= 0.3 is 5.97 Å². The van der Waals surface area contributed by atoms with Crippen LogP contribution in [0.4, 0.5) is 0 Å². The third-order valence-electron chi connectivity index (χ3n) is 6.39. The molecule has 0 unspecified atom stereocenters. The molecule has 2 fully saturated rings. The first-order valence-corrected chi connectivity index (χ1v) is 12.3. The van der Waals surface area contributed by atoms with Crippen molar-refractivity contribution < 1.29 is 27.5 Å². The fourth-order valence-corrected chi connectivity index (χ4v) is 6.48. The second-order valence-electron chi connectivity index (χ2n) is 8.41. The van der Waals surface area contributed by atoms with Gasteiger partial charge in [0.2, 0.25) is 10.0 Å². The molecule has 1 amide bonds. The van der Waals surface area contributed by atoms with Crippen molar-refractivity contribution >= 4 is 21.9 Å². The molecule has 2 aliphatic rings. The predicted molar refractivity (Wildman–Crippen MR) is 115 cm³/mol. The third kappa shape index (κ3) is 4.72. The van der Waals surface area contributed by atoms with Crippen molar-refractivity contribution in [3.63, 3.8) is 0 Å². The lowest BCUT2D eigenvalue weighted by Crippen LogP contribution is -2.56. The number of benzene rings is 1. The highest BCUT2D eigenvalue weighted by Gasteiger charge is 2.42. The van der Waals surface area contributed by atoms with Gasteiger partial charge in [-0.3, -0.25) is 4.79 Å². The first kappa shape index (κ1) is 23.5. The molecule has 1 saturated heterocycles. The zero-order chi connectivity index (χ0) is 22.6. The van der Waals surface area contributed by atoms with Crippen molar-refractivity contribution in [2.24, 2.45) is 0 Å². The first-order valence-electron chi connectivity index (χ1n) is 10.9. The van der Waals surface area contributed by atoms with Crippen LogP contribution in [0.25, 0.3) is 0 Å². The summed E-state index contributed by atoms with van der Waals surface area (Å²) in [4.78, 5) is 25.5. The number of sulfonamides is 1. The molecule has 3 rings (SSSR count). The number of nitrogens with one attached hydrogen (secondary N) is 1. The molecule has 1 aromatic carbocycles. The summed E-state index contributed by atoms with van der Waals surface area (Å²) in [5, 5.41) is 2.84. The van der Waals surface area contributed by atoms with E-state index in [0.717, 1.165) is 38.5 Å². The number of rotatable bonds is 6. The van der Waals surface area contributed by atoms with Gasteiger partial charge in [-0.1, -0.05) is 25.7 Å². The van der Waals surface area contributed by atoms with Gasteiger partial charge in [0, 0.05) is 18.2 Å². The zero-order valence-electron chi connectivity index (χ0n) is 18.5. The minimum absolute atomic E-state index is 0.0350. The van der Waals surface area contributed by atoms with Gasteiger partial charge in [0.1, 0.15) is 16.2 Å². The Balaban J connectivity index is 1.94. The molecule has 1 saturated carbocycles. The molecule has 1 aliphatic heterocycles. The van der Waals surface area contributed by atoms with E-state index >= 15 is 0 Å². The molecule has 1 aromatic rings. The standard InChI is InChI=1S/C22H32N2O6S/c1-16-9-5-8-14-24(16)31(27,28)19-15-17(10-11-18(19)29-2)20(25)23-22(21(26)30-3)12-6-4-7-13-22/h10-11,15-16H,4-9,12-14H2,1-3H3,(H,23,25)/t16-/m0/s1. The lowest BCUT2D eigenvalue weighted by Gasteiger charge is -2.35. The Bertz CT molecular complexity index is 924. The molecule has 1 N–H and O–H groups in total. The maximum absolute atomic E-state index is 13.4. The molecular weight excluding hydrogens is 420 g/mol. The summed E-state index contributed by atoms with van der Waals surface area (Å²) in [7, 11) is -1.13. The number of carbonyl (C=O) groups excluding carboxylic acids is 2. The van der Waals surface area contributed by atoms with Crippen LogP contribution in [-0.2, 0) is 19.6 Å². The molecule has 8 nitrogen and oxygen atoms in total. The van der Waals surface area contributed by atoms with E-state index in [2.05, 4.69) is 5.32 Å². The van der Waals surface area contributed by atoms with E-state index in [9.17, 15) is 18.0 Å². The highest BCUT2D eigenvalue weighted by atomic mass is 32.2. The van der Waals surface area contributed by atoms with Gasteiger partial charge in [0.05, 0.1) is 14.2 Å². The van der Waals surface area contributed by atoms with Crippen LogP contribution in [0.3, 0.4) is 0 Å². The SMILES string of the molecule is COC(=O)C1(NC(=O)c2ccc(OC)c(S(=O)(=O)N3CCCC[C@@H]3C)c2)CCCCC1. The molecule has 31 heavy (non-hydrogen) atoms. The number of hydrogen-bond donors (Lipinski definition) is 1. The van der Waals surface area contributed by atoms with E-state index in [1.54, 1.807) is 0 Å². The van der Waals surface area contributed by atoms with Gasteiger partial charge < -0.3 is 14.8 Å². The van der Waals surface area contributed by atoms with E-state index in [1.165, 1.54) is 36.7 Å². The summed E-state index contributed by atoms with van der Waals surface area (Å²) in [6, 6.07) is 4.23. The summed E-state index contributed by atoms with van der Waals surface area (Å²) < 4.78 is 38.5. The largest absolute Gasteiger partial charge is 0.495 e. The van der Waals surface area contributed by atoms with Gasteiger partial charge in [-0.25, -0.2) is 13.2 Å². The Hall–Kier alpha value is -2.13. The van der Waals surface area contributed by atoms with Crippen molar-refractivity contribution in [3.8, 4) is 5.75 Å². The quantitative estimate of drug-likeness (QED) is 0.666. The monoisotopic (exact) mass is 452 g/mol. The number of ether oxygens (including phenoxy) is 2. The zero-order valence-corrected chi connectivity index (χ0v) is 19.3. The molecule has 0 aromatic heterocycles. The van der Waals surface area contributed by atoms with Crippen LogP contribution in [0, 0.1) is 0 Å². The minimum atomic E-state index is -3.84. The molecule has 0 bridgehead atoms. The number of amides is 1. The van der Waals surface area contributed by atoms with Crippen molar-refractivity contribution in [3.05, 3.63) is 23.8 Å². The highest BCUT2D eigenvalue weighted by molar-refractivity contribution is 7.89. The average Bonchev–Trinajstić information content (AvgIpc) is 2.78. The molecule has 1 heterocycles. The van der Waals surface area contributed by atoms with Crippen molar-refractivity contribution in [1.29, 1.82) is 0 Å². The molecule has 9 heteroatoms. The fraction of sp³-hybridized carbons (Fsp3) is 0.636. The molecular formula is C22H32N2O6S. The van der Waals surface area contributed by atoms with Crippen LogP contribution in [0.5, 0.6) is 5.75 Å². The van der Waals surface area contributed by atoms with Crippen LogP contribution in [0.2, 0.25) is 0 Å². The normalized spacial score (nSPS) is 21.8. The second kappa shape index (κ2) is 9.56. The van der Waals surface area contributed by atoms with Crippen LogP contribution in [-0.4, -0.2) is 56.9 Å². The fourth-order valence-electron chi connectivity index (χ4n) is 4.60. The summed E-state index contributed by atoms with van der Waals surface area (Å²) >= 11 is 0. The molecule has 172 valence electrons. The van der Waals surface area contributed by atoms with Crippen molar-refractivity contribution in [2.45, 2.75) is 74.8 Å². The van der Waals surface area contributed by atoms with Gasteiger partial charge in [0.15, 0.2) is 0 Å². The first-order chi connectivity index (χ1) is 14.7. The Morgan fingerprint density at radius 2 is 1.81 bits per heavy atom. The van der Waals surface area contributed by atoms with E-state index in [4.69, 9.17) is 9.47 Å². The van der Waals surface area contributed by atoms with Crippen LogP contribution in [0.1, 0.15) is 68.6 Å². The summed E-state index contributed by atoms with van der Waals surface area (Å²) in [6.07, 6.45) is 6.19. The van der Waals surface area contributed by atoms with Gasteiger partial charge in [-0.05, 0) is 50.8 Å². The minimum Gasteiger partial charge on any atom is -0.495 e. The second-order valence-corrected chi connectivity index (χ2v) is 10.3. The lowest BCUT2D eigenvalue weighted by atomic mass is 9.81. The molecule has 0 spiro atoms. The summed E-state index contributed by atoms with van der Waals surface area (Å²) in [5.41, 5.74) is -0.914. The van der Waals surface area contributed by atoms with Crippen LogP contribution >= 0.6 is 0 Å². The Morgan fingerprint density at radius 3 is 2.42 bits per heavy atom. The van der Waals surface area contributed by atoms with Crippen LogP contribution < -0.4 is 10.1 Å². The molecule has 1 aliphatic carbocycles. The number of nitrogens with zero attached hydrogens (tertiary/aromatic N) is 1. The van der Waals surface area contributed by atoms with Crippen molar-refractivity contribution in [1.82, 2.24) is 9.62 Å². The lowest BCUT2D eigenvalue weighted by molar-refractivity contribution is -0.149. The van der Waals surface area contributed by atoms with Gasteiger partial charge in [-0.15, -0.1) is 0 Å². The third-order valence-corrected chi connectivity index (χ3v) is 8.43. The Morgan fingerprint density at radius 1 is 1.10 bits per heavy atom. The summed E-state index contributed by atoms with van der Waals surface area (Å²) in [6.45, 7) is 2.33. The Labute approximate surface area is 184 Å². The predicted octanol–water partition coefficient (Wildman–Crippen LogP) is 2.86.